The Kier molecular flexibility index (Phi) is 13.1. The highest BCUT2D eigenvalue weighted by Crippen LogP contribution is 2.45. The van der Waals surface area contributed by atoms with Gasteiger partial charge in [-0.2, -0.15) is 0 Å². The van der Waals surface area contributed by atoms with E-state index in [2.05, 4.69) is 5.32 Å². The Labute approximate surface area is 308 Å². The number of alkyl halides is 1. The number of ether oxygens (including phenoxy) is 7. The van der Waals surface area contributed by atoms with E-state index >= 15 is 0 Å². The summed E-state index contributed by atoms with van der Waals surface area (Å²) >= 11 is 0. The zero-order valence-corrected chi connectivity index (χ0v) is 31.1. The summed E-state index contributed by atoms with van der Waals surface area (Å²) in [4.78, 5) is 49.4. The molecule has 12 atom stereocenters. The Morgan fingerprint density at radius 1 is 0.774 bits per heavy atom. The number of nitrogens with one attached hydrogen (secondary N) is 1. The van der Waals surface area contributed by atoms with Crippen LogP contribution < -0.4 is 5.32 Å². The number of carbonyl (C=O) groups excluding carboxylic acids is 3. The number of benzene rings is 2. The highest BCUT2D eigenvalue weighted by molar-refractivity contribution is 5.81. The van der Waals surface area contributed by atoms with Gasteiger partial charge in [0, 0.05) is 37.5 Å². The number of carbonyl (C=O) groups is 4. The van der Waals surface area contributed by atoms with Gasteiger partial charge in [-0.3, -0.25) is 9.59 Å². The number of carboxylic acid groups (broad SMARTS) is 1. The van der Waals surface area contributed by atoms with Crippen LogP contribution in [-0.2, 0) is 47.5 Å². The van der Waals surface area contributed by atoms with E-state index in [1.165, 1.54) is 20.8 Å². The van der Waals surface area contributed by atoms with Gasteiger partial charge in [-0.15, -0.1) is 0 Å². The van der Waals surface area contributed by atoms with Crippen LogP contribution in [-0.4, -0.2) is 98.1 Å². The summed E-state index contributed by atoms with van der Waals surface area (Å²) in [7, 11) is 0. The number of carboxylic acids is 1. The molecular weight excluding hydrogens is 693 g/mol. The fraction of sp³-hybridized carbons (Fsp3) is 0.590. The molecule has 2 aliphatic heterocycles. The molecular formula is C39H50FNO12. The molecule has 2 fully saturated rings. The van der Waals surface area contributed by atoms with Crippen LogP contribution in [0.25, 0.3) is 11.1 Å². The molecule has 5 rings (SSSR count). The van der Waals surface area contributed by atoms with Crippen LogP contribution in [0, 0.1) is 23.7 Å². The minimum atomic E-state index is -1.55. The molecule has 290 valence electrons. The molecule has 2 N–H and O–H groups in total. The summed E-state index contributed by atoms with van der Waals surface area (Å²) in [6.07, 6.45) is -7.54. The number of hydrogen-bond donors (Lipinski definition) is 2. The highest BCUT2D eigenvalue weighted by atomic mass is 19.1. The van der Waals surface area contributed by atoms with Crippen molar-refractivity contribution >= 4 is 24.0 Å². The lowest BCUT2D eigenvalue weighted by atomic mass is 9.83. The van der Waals surface area contributed by atoms with Crippen LogP contribution in [0.4, 0.5) is 9.18 Å². The summed E-state index contributed by atoms with van der Waals surface area (Å²) in [5.41, 5.74) is 4.12. The molecule has 14 heteroatoms. The Morgan fingerprint density at radius 3 is 1.94 bits per heavy atom. The molecule has 2 aromatic rings. The van der Waals surface area contributed by atoms with E-state index in [-0.39, 0.29) is 31.0 Å². The topological polar surface area (TPSA) is 165 Å². The number of esters is 2. The minimum absolute atomic E-state index is 0.0167. The molecule has 0 radical (unpaired) electrons. The predicted octanol–water partition coefficient (Wildman–Crippen LogP) is 5.23. The van der Waals surface area contributed by atoms with E-state index in [0.29, 0.717) is 0 Å². The Balaban J connectivity index is 1.29. The standard InChI is InChI=1S/C39H50FNO12/c1-19-20(2)35(50-25(7)43)38(51-31(19)16-40)53-34-21(3)32(18-47-24(6)42)52-37(22(34)4)49-23(5)33(36(44)45)41-39(46)48-17-30-28-14-10-8-12-26(28)27-13-9-11-15-29(27)30/h8-15,19-23,30-35,37-38H,16-18H2,1-7H3,(H,41,46)(H,44,45)/t19-,20+,21+,22?,23-,31?,32?,33+,34+,35?,37+,38+/m1/s1. The molecule has 0 bridgehead atoms. The van der Waals surface area contributed by atoms with Crippen LogP contribution in [0.15, 0.2) is 48.5 Å². The molecule has 4 unspecified atom stereocenters. The summed E-state index contributed by atoms with van der Waals surface area (Å²) in [5, 5.41) is 12.6. The molecule has 1 amide bonds. The molecule has 1 aliphatic carbocycles. The first-order chi connectivity index (χ1) is 25.2. The third-order valence-corrected chi connectivity index (χ3v) is 10.8. The maximum Gasteiger partial charge on any atom is 0.407 e. The SMILES string of the molecule is CC(=O)OCC1O[C@H](O[C@H](C)[C@H](NC(=O)OCC2c3ccccc3-c3ccccc32)C(=O)O)C(C)[C@@H](O[C@@H]2OC(CF)[C@H](C)[C@H](C)C2OC(C)=O)[C@H]1C. The smallest absolute Gasteiger partial charge is 0.407 e. The average molecular weight is 744 g/mol. The zero-order chi connectivity index (χ0) is 38.6. The van der Waals surface area contributed by atoms with E-state index in [0.717, 1.165) is 22.3 Å². The van der Waals surface area contributed by atoms with Gasteiger partial charge in [0.25, 0.3) is 0 Å². The van der Waals surface area contributed by atoms with Crippen molar-refractivity contribution in [2.75, 3.05) is 19.9 Å². The molecule has 0 saturated carbocycles. The van der Waals surface area contributed by atoms with Crippen LogP contribution in [0.2, 0.25) is 0 Å². The Bertz CT molecular complexity index is 1580. The van der Waals surface area contributed by atoms with Crippen molar-refractivity contribution in [3.05, 3.63) is 59.7 Å². The van der Waals surface area contributed by atoms with E-state index in [9.17, 15) is 28.7 Å². The Morgan fingerprint density at radius 2 is 1.38 bits per heavy atom. The molecule has 0 spiro atoms. The van der Waals surface area contributed by atoms with Crippen LogP contribution in [0.3, 0.4) is 0 Å². The summed E-state index contributed by atoms with van der Waals surface area (Å²) in [5.74, 6) is -4.34. The lowest BCUT2D eigenvalue weighted by Crippen LogP contribution is -2.59. The largest absolute Gasteiger partial charge is 0.480 e. The van der Waals surface area contributed by atoms with Crippen molar-refractivity contribution in [3.63, 3.8) is 0 Å². The number of halogens is 1. The fourth-order valence-corrected chi connectivity index (χ4v) is 7.55. The Hall–Kier alpha value is -4.11. The molecule has 53 heavy (non-hydrogen) atoms. The normalized spacial score (nSPS) is 30.6. The molecule has 2 heterocycles. The van der Waals surface area contributed by atoms with Gasteiger partial charge in [-0.05, 0) is 35.1 Å². The molecule has 13 nitrogen and oxygen atoms in total. The predicted molar refractivity (Wildman–Crippen MR) is 187 cm³/mol. The first-order valence-corrected chi connectivity index (χ1v) is 18.0. The minimum Gasteiger partial charge on any atom is -0.480 e. The van der Waals surface area contributed by atoms with Crippen LogP contribution in [0.5, 0.6) is 0 Å². The van der Waals surface area contributed by atoms with Gasteiger partial charge in [0.05, 0.1) is 24.4 Å². The van der Waals surface area contributed by atoms with Crippen molar-refractivity contribution < 1.29 is 61.8 Å². The monoisotopic (exact) mass is 743 g/mol. The number of alkyl carbamates (subject to hydrolysis) is 1. The fourth-order valence-electron chi connectivity index (χ4n) is 7.55. The van der Waals surface area contributed by atoms with Gasteiger partial charge >= 0.3 is 24.0 Å². The third-order valence-electron chi connectivity index (χ3n) is 10.8. The number of aliphatic carboxylic acids is 1. The number of fused-ring (bicyclic) bond motifs is 3. The van der Waals surface area contributed by atoms with Gasteiger partial charge in [0.1, 0.15) is 19.9 Å². The van der Waals surface area contributed by atoms with E-state index < -0.39 is 91.7 Å². The molecule has 2 aromatic carbocycles. The maximum atomic E-state index is 14.1. The summed E-state index contributed by atoms with van der Waals surface area (Å²) < 4.78 is 55.5. The quantitative estimate of drug-likeness (QED) is 0.203. The average Bonchev–Trinajstić information content (AvgIpc) is 3.44. The van der Waals surface area contributed by atoms with Crippen molar-refractivity contribution in [2.24, 2.45) is 23.7 Å². The first-order valence-electron chi connectivity index (χ1n) is 18.0. The molecule has 2 saturated heterocycles. The van der Waals surface area contributed by atoms with E-state index in [1.54, 1.807) is 6.92 Å². The molecule has 0 aromatic heterocycles. The molecule has 3 aliphatic rings. The third kappa shape index (κ3) is 8.99. The van der Waals surface area contributed by atoms with E-state index in [1.807, 2.05) is 69.3 Å². The lowest BCUT2D eigenvalue weighted by Gasteiger charge is -2.49. The van der Waals surface area contributed by atoms with Gasteiger partial charge in [0.15, 0.2) is 24.7 Å². The lowest BCUT2D eigenvalue weighted by molar-refractivity contribution is -0.337. The van der Waals surface area contributed by atoms with Crippen molar-refractivity contribution in [3.8, 4) is 11.1 Å². The second-order valence-corrected chi connectivity index (χ2v) is 14.3. The maximum absolute atomic E-state index is 14.1. The highest BCUT2D eigenvalue weighted by Gasteiger charge is 2.50. The van der Waals surface area contributed by atoms with Gasteiger partial charge in [0.2, 0.25) is 0 Å². The van der Waals surface area contributed by atoms with Crippen LogP contribution in [0.1, 0.15) is 65.5 Å². The van der Waals surface area contributed by atoms with Gasteiger partial charge in [-0.1, -0.05) is 76.2 Å². The number of amides is 1. The number of hydrogen-bond acceptors (Lipinski definition) is 11. The number of rotatable bonds is 13. The van der Waals surface area contributed by atoms with Crippen molar-refractivity contribution in [1.29, 1.82) is 0 Å². The first kappa shape index (κ1) is 40.1. The summed E-state index contributed by atoms with van der Waals surface area (Å²) in [6, 6.07) is 14.2. The van der Waals surface area contributed by atoms with Gasteiger partial charge in [-0.25, -0.2) is 14.0 Å². The van der Waals surface area contributed by atoms with Crippen molar-refractivity contribution in [2.45, 2.75) is 104 Å². The van der Waals surface area contributed by atoms with Crippen LogP contribution >= 0.6 is 0 Å². The van der Waals surface area contributed by atoms with E-state index in [4.69, 9.17) is 33.2 Å². The second kappa shape index (κ2) is 17.4. The van der Waals surface area contributed by atoms with Crippen molar-refractivity contribution in [1.82, 2.24) is 5.32 Å². The second-order valence-electron chi connectivity index (χ2n) is 14.3. The summed E-state index contributed by atoms with van der Waals surface area (Å²) in [6.45, 7) is 10.3. The zero-order valence-electron chi connectivity index (χ0n) is 31.1. The van der Waals surface area contributed by atoms with Gasteiger partial charge < -0.3 is 43.6 Å².